The number of amides is 2. The largest absolute Gasteiger partial charge is 0.383 e. The number of benzene rings is 2. The monoisotopic (exact) mass is 559 g/mol. The lowest BCUT2D eigenvalue weighted by molar-refractivity contribution is 0.0735. The Balaban J connectivity index is 1.31. The molecule has 0 saturated carbocycles. The fourth-order valence-corrected chi connectivity index (χ4v) is 5.07. The number of imidazole rings is 1. The number of aromatic nitrogens is 4. The van der Waals surface area contributed by atoms with Crippen molar-refractivity contribution in [3.63, 3.8) is 0 Å². The van der Waals surface area contributed by atoms with Crippen LogP contribution in [0, 0.1) is 19.7 Å². The van der Waals surface area contributed by atoms with E-state index >= 15 is 4.39 Å². The minimum absolute atomic E-state index is 0.0102. The van der Waals surface area contributed by atoms with E-state index in [2.05, 4.69) is 20.7 Å². The number of anilines is 1. The highest BCUT2D eigenvalue weighted by molar-refractivity contribution is 6.03. The topological polar surface area (TPSA) is 106 Å². The van der Waals surface area contributed by atoms with E-state index in [1.165, 1.54) is 6.07 Å². The fourth-order valence-electron chi connectivity index (χ4n) is 5.07. The van der Waals surface area contributed by atoms with Crippen LogP contribution in [0.5, 0.6) is 0 Å². The third kappa shape index (κ3) is 5.91. The van der Waals surface area contributed by atoms with Crippen molar-refractivity contribution in [2.75, 3.05) is 45.2 Å². The predicted octanol–water partition coefficient (Wildman–Crippen LogP) is 3.65. The third-order valence-electron chi connectivity index (χ3n) is 7.34. The molecule has 0 bridgehead atoms. The molecule has 0 aliphatic carbocycles. The van der Waals surface area contributed by atoms with Gasteiger partial charge in [-0.2, -0.15) is 5.10 Å². The highest BCUT2D eigenvalue weighted by atomic mass is 19.1. The van der Waals surface area contributed by atoms with Crippen LogP contribution < -0.4 is 10.6 Å². The molecule has 0 unspecified atom stereocenters. The molecule has 1 saturated heterocycles. The standard InChI is InChI=1S/C30H34FN7O3/c1-19-15-22(6-8-23(19)30(40)37-11-9-32-10-12-37)34-29(39)28-33-17-27(36(28)3)21-5-7-24(26(31)16-21)25-18-38(13-14-41-4)35-20(25)2/h5-8,15-18,32H,9-14H2,1-4H3,(H,34,39). The molecule has 2 aromatic carbocycles. The van der Waals surface area contributed by atoms with Crippen molar-refractivity contribution in [2.24, 2.45) is 7.05 Å². The van der Waals surface area contributed by atoms with Crippen LogP contribution in [0.3, 0.4) is 0 Å². The average Bonchev–Trinajstić information content (AvgIpc) is 3.53. The number of carbonyl (C=O) groups excluding carboxylic acids is 2. The number of carbonyl (C=O) groups is 2. The molecular weight excluding hydrogens is 525 g/mol. The number of hydrogen-bond donors (Lipinski definition) is 2. The van der Waals surface area contributed by atoms with Crippen molar-refractivity contribution in [3.8, 4) is 22.4 Å². The van der Waals surface area contributed by atoms with Crippen molar-refractivity contribution in [2.45, 2.75) is 20.4 Å². The van der Waals surface area contributed by atoms with Crippen molar-refractivity contribution in [3.05, 3.63) is 77.3 Å². The van der Waals surface area contributed by atoms with E-state index in [0.29, 0.717) is 59.9 Å². The van der Waals surface area contributed by atoms with E-state index in [4.69, 9.17) is 4.74 Å². The summed E-state index contributed by atoms with van der Waals surface area (Å²) in [5.41, 5.74) is 5.04. The SMILES string of the molecule is COCCn1cc(-c2ccc(-c3cnc(C(=O)Nc4ccc(C(=O)N5CCNCC5)c(C)c4)n3C)cc2F)c(C)n1. The van der Waals surface area contributed by atoms with Crippen molar-refractivity contribution >= 4 is 17.5 Å². The fraction of sp³-hybridized carbons (Fsp3) is 0.333. The summed E-state index contributed by atoms with van der Waals surface area (Å²) in [6.07, 6.45) is 3.37. The Labute approximate surface area is 238 Å². The quantitative estimate of drug-likeness (QED) is 0.342. The molecule has 3 heterocycles. The van der Waals surface area contributed by atoms with Gasteiger partial charge in [-0.05, 0) is 43.7 Å². The molecule has 2 N–H and O–H groups in total. The van der Waals surface area contributed by atoms with Crippen molar-refractivity contribution in [1.29, 1.82) is 0 Å². The lowest BCUT2D eigenvalue weighted by Gasteiger charge is -2.28. The third-order valence-corrected chi connectivity index (χ3v) is 7.34. The molecule has 10 nitrogen and oxygen atoms in total. The van der Waals surface area contributed by atoms with Gasteiger partial charge >= 0.3 is 0 Å². The van der Waals surface area contributed by atoms with Crippen LogP contribution in [-0.2, 0) is 18.3 Å². The van der Waals surface area contributed by atoms with Gasteiger partial charge < -0.3 is 24.8 Å². The Morgan fingerprint density at radius 1 is 1.10 bits per heavy atom. The van der Waals surface area contributed by atoms with Crippen LogP contribution in [0.1, 0.15) is 32.2 Å². The summed E-state index contributed by atoms with van der Waals surface area (Å²) >= 11 is 0. The summed E-state index contributed by atoms with van der Waals surface area (Å²) < 4.78 is 23.8. The first-order chi connectivity index (χ1) is 19.8. The molecule has 2 aromatic heterocycles. The van der Waals surface area contributed by atoms with Crippen molar-refractivity contribution < 1.29 is 18.7 Å². The lowest BCUT2D eigenvalue weighted by atomic mass is 10.0. The van der Waals surface area contributed by atoms with E-state index < -0.39 is 11.7 Å². The van der Waals surface area contributed by atoms with Gasteiger partial charge in [0.15, 0.2) is 5.82 Å². The second-order valence-electron chi connectivity index (χ2n) is 10.1. The summed E-state index contributed by atoms with van der Waals surface area (Å²) in [5.74, 6) is -0.632. The zero-order chi connectivity index (χ0) is 29.1. The van der Waals surface area contributed by atoms with Crippen LogP contribution in [0.15, 0.2) is 48.8 Å². The van der Waals surface area contributed by atoms with Crippen LogP contribution >= 0.6 is 0 Å². The highest BCUT2D eigenvalue weighted by Crippen LogP contribution is 2.30. The summed E-state index contributed by atoms with van der Waals surface area (Å²) in [4.78, 5) is 32.2. The molecule has 4 aromatic rings. The van der Waals surface area contributed by atoms with E-state index in [9.17, 15) is 9.59 Å². The Morgan fingerprint density at radius 3 is 2.59 bits per heavy atom. The number of methoxy groups -OCH3 is 1. The van der Waals surface area contributed by atoms with Gasteiger partial charge in [0.1, 0.15) is 5.82 Å². The Hall–Kier alpha value is -4.35. The van der Waals surface area contributed by atoms with Gasteiger partial charge in [0.05, 0.1) is 30.7 Å². The molecule has 1 fully saturated rings. The van der Waals surface area contributed by atoms with Gasteiger partial charge in [-0.3, -0.25) is 14.3 Å². The maximum atomic E-state index is 15.3. The molecule has 214 valence electrons. The first kappa shape index (κ1) is 28.2. The number of rotatable bonds is 8. The van der Waals surface area contributed by atoms with Gasteiger partial charge in [-0.15, -0.1) is 0 Å². The minimum atomic E-state index is -0.407. The molecule has 1 aliphatic heterocycles. The van der Waals surface area contributed by atoms with E-state index in [1.54, 1.807) is 59.9 Å². The van der Waals surface area contributed by atoms with Gasteiger partial charge in [0.2, 0.25) is 0 Å². The molecule has 11 heteroatoms. The normalized spacial score (nSPS) is 13.4. The molecular formula is C30H34FN7O3. The van der Waals surface area contributed by atoms with Crippen LogP contribution in [0.2, 0.25) is 0 Å². The number of aryl methyl sites for hydroxylation is 2. The molecule has 41 heavy (non-hydrogen) atoms. The molecule has 0 spiro atoms. The van der Waals surface area contributed by atoms with Gasteiger partial charge in [0.25, 0.3) is 11.8 Å². The summed E-state index contributed by atoms with van der Waals surface area (Å²) in [7, 11) is 3.34. The number of ether oxygens (including phenoxy) is 1. The summed E-state index contributed by atoms with van der Waals surface area (Å²) in [6, 6.07) is 10.2. The van der Waals surface area contributed by atoms with Crippen LogP contribution in [0.25, 0.3) is 22.4 Å². The number of nitrogens with zero attached hydrogens (tertiary/aromatic N) is 5. The number of hydrogen-bond acceptors (Lipinski definition) is 6. The average molecular weight is 560 g/mol. The lowest BCUT2D eigenvalue weighted by Crippen LogP contribution is -2.46. The zero-order valence-corrected chi connectivity index (χ0v) is 23.7. The molecule has 0 atom stereocenters. The second kappa shape index (κ2) is 12.0. The minimum Gasteiger partial charge on any atom is -0.383 e. The Kier molecular flexibility index (Phi) is 8.27. The van der Waals surface area contributed by atoms with Crippen LogP contribution in [0.4, 0.5) is 10.1 Å². The number of nitrogens with one attached hydrogen (secondary N) is 2. The maximum Gasteiger partial charge on any atom is 0.291 e. The zero-order valence-electron chi connectivity index (χ0n) is 23.7. The van der Waals surface area contributed by atoms with Gasteiger partial charge in [-0.1, -0.05) is 12.1 Å². The molecule has 2 amide bonds. The first-order valence-corrected chi connectivity index (χ1v) is 13.5. The summed E-state index contributed by atoms with van der Waals surface area (Å²) in [5, 5.41) is 10.6. The predicted molar refractivity (Wildman–Crippen MR) is 154 cm³/mol. The van der Waals surface area contributed by atoms with Gasteiger partial charge in [0, 0.05) is 74.5 Å². The molecule has 5 rings (SSSR count). The Bertz CT molecular complexity index is 1590. The second-order valence-corrected chi connectivity index (χ2v) is 10.1. The highest BCUT2D eigenvalue weighted by Gasteiger charge is 2.21. The molecule has 0 radical (unpaired) electrons. The summed E-state index contributed by atoms with van der Waals surface area (Å²) in [6.45, 7) is 7.69. The van der Waals surface area contributed by atoms with E-state index in [0.717, 1.165) is 24.3 Å². The van der Waals surface area contributed by atoms with E-state index in [-0.39, 0.29) is 11.7 Å². The maximum absolute atomic E-state index is 15.3. The first-order valence-electron chi connectivity index (χ1n) is 13.5. The Morgan fingerprint density at radius 2 is 1.88 bits per heavy atom. The van der Waals surface area contributed by atoms with E-state index in [1.807, 2.05) is 24.9 Å². The number of halogens is 1. The molecule has 1 aliphatic rings. The number of piperazine rings is 1. The van der Waals surface area contributed by atoms with Crippen molar-refractivity contribution in [1.82, 2.24) is 29.5 Å². The van der Waals surface area contributed by atoms with Gasteiger partial charge in [-0.25, -0.2) is 9.37 Å². The smallest absolute Gasteiger partial charge is 0.291 e. The van der Waals surface area contributed by atoms with Crippen LogP contribution in [-0.4, -0.2) is 75.9 Å².